The number of carbonyl (C=O) groups is 1. The van der Waals surface area contributed by atoms with Crippen molar-refractivity contribution in [2.75, 3.05) is 11.9 Å². The first kappa shape index (κ1) is 14.5. The molecule has 0 saturated heterocycles. The fraction of sp³-hybridized carbons (Fsp3) is 0.222. The van der Waals surface area contributed by atoms with E-state index in [-0.39, 0.29) is 16.3 Å². The van der Waals surface area contributed by atoms with E-state index in [0.29, 0.717) is 6.61 Å². The third-order valence-corrected chi connectivity index (χ3v) is 3.03. The predicted octanol–water partition coefficient (Wildman–Crippen LogP) is 0.995. The molecular formula is C9H11N3O4S2. The minimum atomic E-state index is -4.00. The minimum Gasteiger partial charge on any atom is -0.492 e. The number of amides is 2. The monoisotopic (exact) mass is 289 g/mol. The number of urea groups is 1. The normalized spacial score (nSPS) is 10.8. The molecule has 0 unspecified atom stereocenters. The van der Waals surface area contributed by atoms with Gasteiger partial charge in [0.25, 0.3) is 0 Å². The first-order valence-electron chi connectivity index (χ1n) is 4.83. The van der Waals surface area contributed by atoms with Gasteiger partial charge in [-0.15, -0.1) is 4.36 Å². The number of rotatable bonds is 4. The quantitative estimate of drug-likeness (QED) is 0.858. The molecule has 0 bridgehead atoms. The van der Waals surface area contributed by atoms with Crippen LogP contribution in [0.4, 0.5) is 10.5 Å². The highest BCUT2D eigenvalue weighted by Gasteiger charge is 2.19. The summed E-state index contributed by atoms with van der Waals surface area (Å²) in [5, 5.41) is 7.27. The van der Waals surface area contributed by atoms with Crippen LogP contribution in [-0.2, 0) is 22.4 Å². The molecule has 9 heteroatoms. The molecule has 0 spiro atoms. The molecule has 0 aromatic heterocycles. The van der Waals surface area contributed by atoms with Gasteiger partial charge in [0, 0.05) is 12.4 Å². The molecule has 1 rings (SSSR count). The van der Waals surface area contributed by atoms with Gasteiger partial charge in [-0.25, -0.2) is 18.4 Å². The maximum atomic E-state index is 11.4. The number of nitrogens with zero attached hydrogens (tertiary/aromatic N) is 1. The molecule has 98 valence electrons. The van der Waals surface area contributed by atoms with Gasteiger partial charge in [0.2, 0.25) is 10.0 Å². The van der Waals surface area contributed by atoms with E-state index in [1.54, 1.807) is 6.92 Å². The number of hydrogen-bond acceptors (Lipinski definition) is 5. The van der Waals surface area contributed by atoms with E-state index < -0.39 is 16.1 Å². The predicted molar refractivity (Wildman–Crippen MR) is 67.8 cm³/mol. The molecule has 0 aliphatic carbocycles. The molecule has 0 atom stereocenters. The molecule has 1 aromatic rings. The second-order valence-electron chi connectivity index (χ2n) is 3.13. The summed E-state index contributed by atoms with van der Waals surface area (Å²) in [4.78, 5) is 10.9. The van der Waals surface area contributed by atoms with Gasteiger partial charge < -0.3 is 10.1 Å². The van der Waals surface area contributed by atoms with Crippen LogP contribution < -0.4 is 15.2 Å². The zero-order valence-electron chi connectivity index (χ0n) is 9.41. The van der Waals surface area contributed by atoms with Crippen molar-refractivity contribution in [3.05, 3.63) is 18.2 Å². The number of ether oxygens (including phenoxy) is 1. The zero-order chi connectivity index (χ0) is 13.8. The highest BCUT2D eigenvalue weighted by molar-refractivity contribution is 7.89. The van der Waals surface area contributed by atoms with E-state index in [0.717, 1.165) is 0 Å². The van der Waals surface area contributed by atoms with E-state index in [1.165, 1.54) is 18.2 Å². The lowest BCUT2D eigenvalue weighted by Crippen LogP contribution is -2.17. The molecule has 18 heavy (non-hydrogen) atoms. The Labute approximate surface area is 110 Å². The van der Waals surface area contributed by atoms with Gasteiger partial charge in [-0.05, 0) is 19.1 Å². The molecule has 0 heterocycles. The van der Waals surface area contributed by atoms with E-state index in [1.807, 2.05) is 0 Å². The first-order valence-corrected chi connectivity index (χ1v) is 6.74. The van der Waals surface area contributed by atoms with Crippen molar-refractivity contribution in [2.45, 2.75) is 11.8 Å². The second-order valence-corrected chi connectivity index (χ2v) is 4.84. The Hall–Kier alpha value is -1.58. The van der Waals surface area contributed by atoms with Gasteiger partial charge in [0.1, 0.15) is 16.3 Å². The first-order chi connectivity index (χ1) is 8.40. The van der Waals surface area contributed by atoms with E-state index in [4.69, 9.17) is 9.88 Å². The molecule has 0 aliphatic rings. The van der Waals surface area contributed by atoms with Crippen LogP contribution in [0, 0.1) is 0 Å². The Kier molecular flexibility index (Phi) is 4.70. The Morgan fingerprint density at radius 3 is 2.72 bits per heavy atom. The largest absolute Gasteiger partial charge is 0.492 e. The van der Waals surface area contributed by atoms with Crippen molar-refractivity contribution in [3.63, 3.8) is 0 Å². The average molecular weight is 289 g/mol. The smallest absolute Gasteiger partial charge is 0.356 e. The van der Waals surface area contributed by atoms with Crippen molar-refractivity contribution in [1.82, 2.24) is 0 Å². The summed E-state index contributed by atoms with van der Waals surface area (Å²) in [6, 6.07) is 3.32. The zero-order valence-corrected chi connectivity index (χ0v) is 11.0. The fourth-order valence-electron chi connectivity index (χ4n) is 1.28. The van der Waals surface area contributed by atoms with Crippen LogP contribution in [0.15, 0.2) is 27.5 Å². The number of benzene rings is 1. The minimum absolute atomic E-state index is 0.0690. The number of sulfonamides is 1. The molecule has 0 saturated carbocycles. The number of primary sulfonamides is 1. The molecule has 0 radical (unpaired) electrons. The summed E-state index contributed by atoms with van der Waals surface area (Å²) < 4.78 is 30.9. The molecule has 7 nitrogen and oxygen atoms in total. The van der Waals surface area contributed by atoms with E-state index in [9.17, 15) is 13.2 Å². The number of anilines is 1. The van der Waals surface area contributed by atoms with Crippen molar-refractivity contribution < 1.29 is 17.9 Å². The number of hydrogen-bond donors (Lipinski definition) is 2. The lowest BCUT2D eigenvalue weighted by atomic mass is 10.3. The average Bonchev–Trinajstić information content (AvgIpc) is 2.30. The van der Waals surface area contributed by atoms with Crippen LogP contribution in [-0.4, -0.2) is 21.1 Å². The Morgan fingerprint density at radius 1 is 1.56 bits per heavy atom. The molecule has 2 amide bonds. The number of nitrogens with two attached hydrogens (primary N) is 1. The van der Waals surface area contributed by atoms with Gasteiger partial charge in [0.05, 0.1) is 6.61 Å². The molecule has 0 aliphatic heterocycles. The molecule has 1 aromatic carbocycles. The maximum Gasteiger partial charge on any atom is 0.356 e. The van der Waals surface area contributed by atoms with Crippen LogP contribution in [0.2, 0.25) is 0 Å². The Morgan fingerprint density at radius 2 is 2.22 bits per heavy atom. The lowest BCUT2D eigenvalue weighted by Gasteiger charge is -2.13. The van der Waals surface area contributed by atoms with Gasteiger partial charge in [0.15, 0.2) is 0 Å². The van der Waals surface area contributed by atoms with Crippen LogP contribution in [0.5, 0.6) is 5.75 Å². The standard InChI is InChI=1S/C9H11N3O4S2/c1-2-16-6-4-3-5-7(18(10,14)15)8(6)11-9(13)12-17/h3-5H,2H2,1H3,(H,11,13)(H2,10,14,15). The van der Waals surface area contributed by atoms with Gasteiger partial charge in [-0.1, -0.05) is 6.07 Å². The van der Waals surface area contributed by atoms with Crippen LogP contribution in [0.1, 0.15) is 6.92 Å². The van der Waals surface area contributed by atoms with Crippen molar-refractivity contribution >= 4 is 34.2 Å². The summed E-state index contributed by atoms with van der Waals surface area (Å²) in [5.74, 6) is 0.177. The Bertz CT molecular complexity index is 571. The third-order valence-electron chi connectivity index (χ3n) is 1.91. The third kappa shape index (κ3) is 3.45. The van der Waals surface area contributed by atoms with Gasteiger partial charge in [-0.3, -0.25) is 0 Å². The summed E-state index contributed by atoms with van der Waals surface area (Å²) in [6.07, 6.45) is 0. The highest BCUT2D eigenvalue weighted by Crippen LogP contribution is 2.31. The molecule has 0 fully saturated rings. The van der Waals surface area contributed by atoms with Gasteiger partial charge >= 0.3 is 6.03 Å². The Balaban J connectivity index is 3.38. The summed E-state index contributed by atoms with van der Waals surface area (Å²) in [7, 11) is -4.00. The maximum absolute atomic E-state index is 11.4. The number of nitrogens with one attached hydrogen (secondary N) is 1. The van der Waals surface area contributed by atoms with Gasteiger partial charge in [-0.2, -0.15) is 0 Å². The van der Waals surface area contributed by atoms with Crippen molar-refractivity contribution in [3.8, 4) is 5.75 Å². The van der Waals surface area contributed by atoms with Crippen LogP contribution in [0.25, 0.3) is 0 Å². The highest BCUT2D eigenvalue weighted by atomic mass is 32.2. The van der Waals surface area contributed by atoms with E-state index >= 15 is 0 Å². The van der Waals surface area contributed by atoms with E-state index in [2.05, 4.69) is 22.1 Å². The van der Waals surface area contributed by atoms with Crippen LogP contribution >= 0.6 is 0 Å². The van der Waals surface area contributed by atoms with Crippen LogP contribution in [0.3, 0.4) is 0 Å². The summed E-state index contributed by atoms with van der Waals surface area (Å²) in [5.41, 5.74) is -0.0690. The summed E-state index contributed by atoms with van der Waals surface area (Å²) in [6.45, 7) is 2.01. The fourth-order valence-corrected chi connectivity index (χ4v) is 2.03. The van der Waals surface area contributed by atoms with Crippen molar-refractivity contribution in [1.29, 1.82) is 0 Å². The summed E-state index contributed by atoms with van der Waals surface area (Å²) >= 11 is 4.21. The number of para-hydroxylation sites is 1. The van der Waals surface area contributed by atoms with Crippen molar-refractivity contribution in [2.24, 2.45) is 9.50 Å². The lowest BCUT2D eigenvalue weighted by molar-refractivity contribution is 0.259. The SMILES string of the molecule is CCOc1cccc(S(N)(=O)=O)c1NC(=O)N=S. The second kappa shape index (κ2) is 5.85. The number of carbonyl (C=O) groups excluding carboxylic acids is 1. The topological polar surface area (TPSA) is 111 Å². The molecule has 3 N–H and O–H groups in total. The molecular weight excluding hydrogens is 278 g/mol.